The van der Waals surface area contributed by atoms with E-state index in [1.54, 1.807) is 12.0 Å². The molecule has 2 heterocycles. The van der Waals surface area contributed by atoms with Gasteiger partial charge < -0.3 is 19.1 Å². The van der Waals surface area contributed by atoms with Gasteiger partial charge in [0, 0.05) is 19.6 Å². The fourth-order valence-electron chi connectivity index (χ4n) is 3.10. The molecule has 5 nitrogen and oxygen atoms in total. The van der Waals surface area contributed by atoms with E-state index in [1.807, 2.05) is 30.3 Å². The van der Waals surface area contributed by atoms with Gasteiger partial charge in [-0.3, -0.25) is 4.79 Å². The number of methoxy groups -OCH3 is 1. The second-order valence-corrected chi connectivity index (χ2v) is 5.71. The number of carbonyl (C=O) groups is 1. The van der Waals surface area contributed by atoms with Crippen LogP contribution in [0.1, 0.15) is 6.42 Å². The molecule has 21 heavy (non-hydrogen) atoms. The van der Waals surface area contributed by atoms with E-state index in [2.05, 4.69) is 0 Å². The highest BCUT2D eigenvalue weighted by molar-refractivity contribution is 5.79. The molecule has 2 aliphatic heterocycles. The monoisotopic (exact) mass is 291 g/mol. The van der Waals surface area contributed by atoms with Crippen LogP contribution in [0.4, 0.5) is 0 Å². The molecule has 2 saturated heterocycles. The summed E-state index contributed by atoms with van der Waals surface area (Å²) in [5.41, 5.74) is -0.182. The van der Waals surface area contributed by atoms with Gasteiger partial charge in [0.15, 0.2) is 6.61 Å². The van der Waals surface area contributed by atoms with Crippen LogP contribution in [0.5, 0.6) is 5.75 Å². The molecule has 2 aliphatic rings. The first-order valence-corrected chi connectivity index (χ1v) is 7.32. The van der Waals surface area contributed by atoms with Crippen molar-refractivity contribution in [3.63, 3.8) is 0 Å². The quantitative estimate of drug-likeness (QED) is 0.821. The minimum Gasteiger partial charge on any atom is -0.484 e. The van der Waals surface area contributed by atoms with Crippen LogP contribution in [-0.2, 0) is 14.3 Å². The molecule has 1 aromatic carbocycles. The van der Waals surface area contributed by atoms with Crippen molar-refractivity contribution in [2.24, 2.45) is 5.92 Å². The van der Waals surface area contributed by atoms with E-state index in [9.17, 15) is 4.79 Å². The van der Waals surface area contributed by atoms with Gasteiger partial charge in [-0.15, -0.1) is 0 Å². The predicted octanol–water partition coefficient (Wildman–Crippen LogP) is 1.33. The first-order valence-electron chi connectivity index (χ1n) is 7.32. The van der Waals surface area contributed by atoms with E-state index in [1.165, 1.54) is 0 Å². The van der Waals surface area contributed by atoms with Gasteiger partial charge in [0.05, 0.1) is 19.7 Å². The van der Waals surface area contributed by atoms with E-state index < -0.39 is 0 Å². The van der Waals surface area contributed by atoms with Crippen LogP contribution >= 0.6 is 0 Å². The minimum atomic E-state index is -0.182. The molecule has 0 saturated carbocycles. The van der Waals surface area contributed by atoms with Crippen molar-refractivity contribution in [3.8, 4) is 5.75 Å². The van der Waals surface area contributed by atoms with Crippen molar-refractivity contribution in [1.29, 1.82) is 0 Å². The Labute approximate surface area is 124 Å². The number of hydrogen-bond donors (Lipinski definition) is 0. The molecule has 5 heteroatoms. The molecule has 0 aliphatic carbocycles. The van der Waals surface area contributed by atoms with Crippen LogP contribution in [0.3, 0.4) is 0 Å². The SMILES string of the molecule is COC[C@H]1CCOC12CN(C(=O)COc1ccccc1)C2. The third-order valence-corrected chi connectivity index (χ3v) is 4.34. The van der Waals surface area contributed by atoms with Crippen molar-refractivity contribution < 1.29 is 19.0 Å². The van der Waals surface area contributed by atoms with Crippen molar-refractivity contribution >= 4 is 5.91 Å². The van der Waals surface area contributed by atoms with Crippen molar-refractivity contribution in [2.75, 3.05) is 40.0 Å². The highest BCUT2D eigenvalue weighted by Gasteiger charge is 2.54. The molecule has 0 N–H and O–H groups in total. The van der Waals surface area contributed by atoms with Crippen molar-refractivity contribution in [3.05, 3.63) is 30.3 Å². The van der Waals surface area contributed by atoms with Crippen LogP contribution in [0.2, 0.25) is 0 Å². The zero-order chi connectivity index (χ0) is 14.7. The Morgan fingerprint density at radius 3 is 2.86 bits per heavy atom. The molecule has 0 aromatic heterocycles. The summed E-state index contributed by atoms with van der Waals surface area (Å²) in [4.78, 5) is 13.9. The maximum atomic E-state index is 12.1. The fourth-order valence-corrected chi connectivity index (χ4v) is 3.10. The number of para-hydroxylation sites is 1. The predicted molar refractivity (Wildman–Crippen MR) is 77.2 cm³/mol. The van der Waals surface area contributed by atoms with Gasteiger partial charge in [-0.2, -0.15) is 0 Å². The number of carbonyl (C=O) groups excluding carboxylic acids is 1. The smallest absolute Gasteiger partial charge is 0.260 e. The fraction of sp³-hybridized carbons (Fsp3) is 0.562. The number of amides is 1. The number of hydrogen-bond acceptors (Lipinski definition) is 4. The van der Waals surface area contributed by atoms with Crippen LogP contribution in [0.25, 0.3) is 0 Å². The molecule has 0 unspecified atom stereocenters. The molecule has 1 atom stereocenters. The molecular formula is C16H21NO4. The summed E-state index contributed by atoms with van der Waals surface area (Å²) in [6.45, 7) is 2.84. The molecular weight excluding hydrogens is 270 g/mol. The first-order chi connectivity index (χ1) is 10.2. The van der Waals surface area contributed by atoms with Gasteiger partial charge in [-0.25, -0.2) is 0 Å². The van der Waals surface area contributed by atoms with E-state index >= 15 is 0 Å². The number of likely N-dealkylation sites (tertiary alicyclic amines) is 1. The zero-order valence-electron chi connectivity index (χ0n) is 12.3. The summed E-state index contributed by atoms with van der Waals surface area (Å²) in [6, 6.07) is 9.39. The third kappa shape index (κ3) is 2.89. The van der Waals surface area contributed by atoms with Gasteiger partial charge in [0.2, 0.25) is 0 Å². The van der Waals surface area contributed by atoms with E-state index in [0.29, 0.717) is 25.6 Å². The number of nitrogens with zero attached hydrogens (tertiary/aromatic N) is 1. The van der Waals surface area contributed by atoms with E-state index in [-0.39, 0.29) is 18.1 Å². The Morgan fingerprint density at radius 1 is 1.38 bits per heavy atom. The molecule has 114 valence electrons. The first kappa shape index (κ1) is 14.4. The van der Waals surface area contributed by atoms with Crippen LogP contribution < -0.4 is 4.74 Å². The molecule has 2 fully saturated rings. The lowest BCUT2D eigenvalue weighted by Gasteiger charge is -2.50. The largest absolute Gasteiger partial charge is 0.484 e. The maximum absolute atomic E-state index is 12.1. The second kappa shape index (κ2) is 6.03. The lowest BCUT2D eigenvalue weighted by atomic mass is 9.81. The number of rotatable bonds is 5. The summed E-state index contributed by atoms with van der Waals surface area (Å²) in [7, 11) is 1.71. The molecule has 3 rings (SSSR count). The van der Waals surface area contributed by atoms with E-state index in [0.717, 1.165) is 18.8 Å². The van der Waals surface area contributed by atoms with Gasteiger partial charge in [-0.1, -0.05) is 18.2 Å². The summed E-state index contributed by atoms with van der Waals surface area (Å²) in [6.07, 6.45) is 1.01. The lowest BCUT2D eigenvalue weighted by Crippen LogP contribution is -2.67. The number of benzene rings is 1. The third-order valence-electron chi connectivity index (χ3n) is 4.34. The molecule has 1 aromatic rings. The Balaban J connectivity index is 1.48. The van der Waals surface area contributed by atoms with Gasteiger partial charge in [-0.05, 0) is 18.6 Å². The highest BCUT2D eigenvalue weighted by Crippen LogP contribution is 2.40. The normalized spacial score (nSPS) is 23.1. The van der Waals surface area contributed by atoms with Gasteiger partial charge in [0.25, 0.3) is 5.91 Å². The average molecular weight is 291 g/mol. The van der Waals surface area contributed by atoms with Gasteiger partial charge >= 0.3 is 0 Å². The Morgan fingerprint density at radius 2 is 2.14 bits per heavy atom. The summed E-state index contributed by atoms with van der Waals surface area (Å²) in [5, 5.41) is 0. The van der Waals surface area contributed by atoms with Crippen LogP contribution in [-0.4, -0.2) is 56.4 Å². The topological polar surface area (TPSA) is 48.0 Å². The van der Waals surface area contributed by atoms with Crippen molar-refractivity contribution in [2.45, 2.75) is 12.0 Å². The minimum absolute atomic E-state index is 0.0103. The summed E-state index contributed by atoms with van der Waals surface area (Å²) < 4.78 is 16.6. The lowest BCUT2D eigenvalue weighted by molar-refractivity contribution is -0.169. The molecule has 1 spiro atoms. The average Bonchev–Trinajstić information content (AvgIpc) is 2.88. The molecule has 0 bridgehead atoms. The molecule has 1 amide bonds. The molecule has 0 radical (unpaired) electrons. The van der Waals surface area contributed by atoms with Crippen LogP contribution in [0, 0.1) is 5.92 Å². The zero-order valence-corrected chi connectivity index (χ0v) is 12.3. The standard InChI is InChI=1S/C16H21NO4/c1-19-9-13-7-8-21-16(13)11-17(12-16)15(18)10-20-14-5-3-2-4-6-14/h2-6,13H,7-12H2,1H3/t13-/m1/s1. The van der Waals surface area contributed by atoms with E-state index in [4.69, 9.17) is 14.2 Å². The number of ether oxygens (including phenoxy) is 3. The second-order valence-electron chi connectivity index (χ2n) is 5.71. The van der Waals surface area contributed by atoms with Gasteiger partial charge in [0.1, 0.15) is 11.4 Å². The Hall–Kier alpha value is -1.59. The summed E-state index contributed by atoms with van der Waals surface area (Å²) in [5.74, 6) is 1.12. The summed E-state index contributed by atoms with van der Waals surface area (Å²) >= 11 is 0. The maximum Gasteiger partial charge on any atom is 0.260 e. The Kier molecular flexibility index (Phi) is 4.12. The Bertz CT molecular complexity index is 484. The van der Waals surface area contributed by atoms with Crippen molar-refractivity contribution in [1.82, 2.24) is 4.90 Å². The highest BCUT2D eigenvalue weighted by atomic mass is 16.5. The van der Waals surface area contributed by atoms with Crippen LogP contribution in [0.15, 0.2) is 30.3 Å².